The monoisotopic (exact) mass is 646 g/mol. The summed E-state index contributed by atoms with van der Waals surface area (Å²) in [6, 6.07) is 63.4. The lowest BCUT2D eigenvalue weighted by Crippen LogP contribution is -2.40. The molecule has 0 aliphatic carbocycles. The van der Waals surface area contributed by atoms with Crippen molar-refractivity contribution in [3.8, 4) is 33.4 Å². The van der Waals surface area contributed by atoms with Gasteiger partial charge in [-0.05, 0) is 91.3 Å². The zero-order chi connectivity index (χ0) is 33.4. The number of aromatic nitrogens is 1. The fourth-order valence-electron chi connectivity index (χ4n) is 7.03. The van der Waals surface area contributed by atoms with Gasteiger partial charge in [0.25, 0.3) is 0 Å². The van der Waals surface area contributed by atoms with Crippen molar-refractivity contribution in [1.29, 1.82) is 0 Å². The van der Waals surface area contributed by atoms with Crippen molar-refractivity contribution in [3.05, 3.63) is 176 Å². The average Bonchev–Trinajstić information content (AvgIpc) is 3.15. The van der Waals surface area contributed by atoms with Crippen molar-refractivity contribution < 1.29 is 0 Å². The molecule has 1 aromatic heterocycles. The predicted molar refractivity (Wildman–Crippen MR) is 213 cm³/mol. The third-order valence-electron chi connectivity index (χ3n) is 9.37. The van der Waals surface area contributed by atoms with Crippen LogP contribution < -0.4 is 10.2 Å². The van der Waals surface area contributed by atoms with E-state index in [1.165, 1.54) is 60.2 Å². The molecule has 3 heteroatoms. The summed E-state index contributed by atoms with van der Waals surface area (Å²) in [4.78, 5) is 7.49. The fourth-order valence-corrected chi connectivity index (χ4v) is 8.08. The highest BCUT2D eigenvalue weighted by atomic mass is 28.3. The van der Waals surface area contributed by atoms with Crippen LogP contribution >= 0.6 is 0 Å². The Bertz CT molecular complexity index is 2350. The Morgan fingerprint density at radius 3 is 1.47 bits per heavy atom. The number of hydrogen-bond acceptors (Lipinski definition) is 2. The maximum atomic E-state index is 5.21. The van der Waals surface area contributed by atoms with E-state index in [4.69, 9.17) is 4.98 Å². The molecule has 7 aromatic carbocycles. The van der Waals surface area contributed by atoms with E-state index in [0.717, 1.165) is 17.2 Å². The second-order valence-electron chi connectivity index (χ2n) is 13.6. The third kappa shape index (κ3) is 5.73. The van der Waals surface area contributed by atoms with E-state index in [0.29, 0.717) is 0 Å². The zero-order valence-electron chi connectivity index (χ0n) is 28.1. The zero-order valence-corrected chi connectivity index (χ0v) is 29.1. The number of anilines is 3. The van der Waals surface area contributed by atoms with Gasteiger partial charge >= 0.3 is 0 Å². The SMILES string of the molecule is C[Si](C)(C)c1cccc(N(c2ccccc2)c2ccc(-c3c4ccccc4c(-c4ccccc4-c4ccccc4)c4ccccc34)cc2)n1. The van der Waals surface area contributed by atoms with Gasteiger partial charge in [0.1, 0.15) is 13.9 Å². The molecular formula is C46H38N2Si. The van der Waals surface area contributed by atoms with Crippen molar-refractivity contribution in [3.63, 3.8) is 0 Å². The largest absolute Gasteiger partial charge is 0.295 e. The van der Waals surface area contributed by atoms with Gasteiger partial charge in [-0.3, -0.25) is 4.90 Å². The van der Waals surface area contributed by atoms with Gasteiger partial charge in [-0.25, -0.2) is 4.98 Å². The number of para-hydroxylation sites is 1. The first kappa shape index (κ1) is 30.6. The van der Waals surface area contributed by atoms with Gasteiger partial charge in [-0.15, -0.1) is 0 Å². The second-order valence-corrected chi connectivity index (χ2v) is 18.6. The van der Waals surface area contributed by atoms with Crippen LogP contribution in [-0.4, -0.2) is 13.1 Å². The number of fused-ring (bicyclic) bond motifs is 2. The van der Waals surface area contributed by atoms with E-state index in [1.54, 1.807) is 0 Å². The Labute approximate surface area is 290 Å². The first-order chi connectivity index (χ1) is 24.0. The first-order valence-electron chi connectivity index (χ1n) is 17.0. The second kappa shape index (κ2) is 12.7. The Morgan fingerprint density at radius 1 is 0.388 bits per heavy atom. The molecule has 0 fully saturated rings. The van der Waals surface area contributed by atoms with Crippen LogP contribution in [0.25, 0.3) is 54.9 Å². The lowest BCUT2D eigenvalue weighted by atomic mass is 9.84. The molecule has 2 nitrogen and oxygen atoms in total. The molecule has 0 N–H and O–H groups in total. The van der Waals surface area contributed by atoms with E-state index >= 15 is 0 Å². The Balaban J connectivity index is 1.31. The highest BCUT2D eigenvalue weighted by Crippen LogP contribution is 2.46. The molecule has 8 rings (SSSR count). The van der Waals surface area contributed by atoms with Crippen LogP contribution in [0.15, 0.2) is 176 Å². The van der Waals surface area contributed by atoms with Crippen molar-refractivity contribution in [2.24, 2.45) is 0 Å². The third-order valence-corrected chi connectivity index (χ3v) is 11.2. The quantitative estimate of drug-likeness (QED) is 0.127. The van der Waals surface area contributed by atoms with E-state index in [-0.39, 0.29) is 0 Å². The predicted octanol–water partition coefficient (Wildman–Crippen LogP) is 12.4. The van der Waals surface area contributed by atoms with Crippen LogP contribution in [0.3, 0.4) is 0 Å². The molecule has 0 amide bonds. The molecule has 8 aromatic rings. The van der Waals surface area contributed by atoms with Crippen molar-refractivity contribution in [2.45, 2.75) is 19.6 Å². The summed E-state index contributed by atoms with van der Waals surface area (Å²) in [7, 11) is -1.61. The molecule has 0 radical (unpaired) electrons. The molecule has 0 bridgehead atoms. The molecule has 0 saturated carbocycles. The smallest absolute Gasteiger partial charge is 0.137 e. The van der Waals surface area contributed by atoms with Gasteiger partial charge in [-0.2, -0.15) is 0 Å². The van der Waals surface area contributed by atoms with Crippen LogP contribution in [0.4, 0.5) is 17.2 Å². The minimum Gasteiger partial charge on any atom is -0.295 e. The molecule has 236 valence electrons. The number of hydrogen-bond donors (Lipinski definition) is 0. The van der Waals surface area contributed by atoms with Gasteiger partial charge < -0.3 is 0 Å². The van der Waals surface area contributed by atoms with Crippen LogP contribution in [-0.2, 0) is 0 Å². The summed E-state index contributed by atoms with van der Waals surface area (Å²) in [5.41, 5.74) is 9.59. The van der Waals surface area contributed by atoms with Gasteiger partial charge in [0, 0.05) is 16.7 Å². The van der Waals surface area contributed by atoms with Crippen LogP contribution in [0, 0.1) is 0 Å². The molecule has 0 saturated heterocycles. The van der Waals surface area contributed by atoms with Crippen molar-refractivity contribution in [2.75, 3.05) is 4.90 Å². The molecule has 1 heterocycles. The Morgan fingerprint density at radius 2 is 0.878 bits per heavy atom. The summed E-state index contributed by atoms with van der Waals surface area (Å²) in [6.07, 6.45) is 0. The van der Waals surface area contributed by atoms with E-state index in [2.05, 4.69) is 200 Å². The lowest BCUT2D eigenvalue weighted by Gasteiger charge is -2.26. The van der Waals surface area contributed by atoms with Crippen LogP contribution in [0.1, 0.15) is 0 Å². The molecular weight excluding hydrogens is 609 g/mol. The van der Waals surface area contributed by atoms with Crippen molar-refractivity contribution >= 4 is 52.1 Å². The summed E-state index contributed by atoms with van der Waals surface area (Å²) >= 11 is 0. The summed E-state index contributed by atoms with van der Waals surface area (Å²) < 4.78 is 0. The summed E-state index contributed by atoms with van der Waals surface area (Å²) in [5.74, 6) is 0.941. The van der Waals surface area contributed by atoms with Gasteiger partial charge in [0.05, 0.1) is 0 Å². The van der Waals surface area contributed by atoms with E-state index in [9.17, 15) is 0 Å². The summed E-state index contributed by atoms with van der Waals surface area (Å²) in [6.45, 7) is 7.04. The average molecular weight is 647 g/mol. The maximum absolute atomic E-state index is 5.21. The lowest BCUT2D eigenvalue weighted by molar-refractivity contribution is 1.19. The van der Waals surface area contributed by atoms with Gasteiger partial charge in [0.15, 0.2) is 0 Å². The minimum atomic E-state index is -1.61. The molecule has 0 unspecified atom stereocenters. The number of nitrogens with zero attached hydrogens (tertiary/aromatic N) is 2. The number of pyridine rings is 1. The van der Waals surface area contributed by atoms with Crippen LogP contribution in [0.2, 0.25) is 19.6 Å². The Hall–Kier alpha value is -5.77. The Kier molecular flexibility index (Phi) is 7.91. The molecule has 49 heavy (non-hydrogen) atoms. The van der Waals surface area contributed by atoms with Gasteiger partial charge in [0.2, 0.25) is 0 Å². The highest BCUT2D eigenvalue weighted by Gasteiger charge is 2.22. The maximum Gasteiger partial charge on any atom is 0.137 e. The van der Waals surface area contributed by atoms with Gasteiger partial charge in [-0.1, -0.05) is 159 Å². The molecule has 0 aliphatic heterocycles. The van der Waals surface area contributed by atoms with Crippen LogP contribution in [0.5, 0.6) is 0 Å². The first-order valence-corrected chi connectivity index (χ1v) is 20.5. The molecule has 0 aliphatic rings. The normalized spacial score (nSPS) is 11.6. The minimum absolute atomic E-state index is 0.941. The molecule has 0 atom stereocenters. The summed E-state index contributed by atoms with van der Waals surface area (Å²) in [5, 5.41) is 6.20. The topological polar surface area (TPSA) is 16.1 Å². The number of rotatable bonds is 7. The number of benzene rings is 7. The van der Waals surface area contributed by atoms with E-state index in [1.807, 2.05) is 0 Å². The molecule has 0 spiro atoms. The van der Waals surface area contributed by atoms with E-state index < -0.39 is 8.07 Å². The van der Waals surface area contributed by atoms with Crippen molar-refractivity contribution in [1.82, 2.24) is 4.98 Å². The fraction of sp³-hybridized carbons (Fsp3) is 0.0652. The standard InChI is InChI=1S/C46H38N2Si/c1-49(2,3)44-28-16-27-43(47-44)48(35-19-8-5-9-20-35)36-31-29-34(30-32-36)45-39-23-12-14-25-41(39)46(42-26-15-13-24-40(42)45)38-22-11-10-21-37(38)33-17-6-4-7-18-33/h4-32H,1-3H3. The highest BCUT2D eigenvalue weighted by molar-refractivity contribution is 6.88.